The first-order valence-electron chi connectivity index (χ1n) is 3.08. The number of thiophene rings is 1. The first-order valence-corrected chi connectivity index (χ1v) is 3.89. The zero-order chi connectivity index (χ0) is 8.43. The normalized spacial score (nSPS) is 10.5. The van der Waals surface area contributed by atoms with Gasteiger partial charge in [-0.15, -0.1) is 11.3 Å². The van der Waals surface area contributed by atoms with E-state index in [-0.39, 0.29) is 0 Å². The van der Waals surface area contributed by atoms with Gasteiger partial charge in [0.15, 0.2) is 0 Å². The lowest BCUT2D eigenvalue weighted by Gasteiger charge is -1.97. The lowest BCUT2D eigenvalue weighted by molar-refractivity contribution is -0.0192. The second kappa shape index (κ2) is 3.13. The van der Waals surface area contributed by atoms with E-state index in [0.717, 1.165) is 4.88 Å². The van der Waals surface area contributed by atoms with Gasteiger partial charge in [-0.3, -0.25) is 4.79 Å². The Morgan fingerprint density at radius 3 is 2.55 bits per heavy atom. The third-order valence-electron chi connectivity index (χ3n) is 1.22. The number of hydrogen-bond acceptors (Lipinski definition) is 4. The summed E-state index contributed by atoms with van der Waals surface area (Å²) in [6.07, 6.45) is -1.88. The number of aryl methyl sites for hydroxylation is 1. The molecule has 0 fully saturated rings. The van der Waals surface area contributed by atoms with Crippen molar-refractivity contribution in [2.45, 2.75) is 13.2 Å². The smallest absolute Gasteiger partial charge is 0.228 e. The minimum Gasteiger partial charge on any atom is -0.362 e. The minimum atomic E-state index is -1.88. The molecule has 0 saturated carbocycles. The van der Waals surface area contributed by atoms with E-state index in [1.54, 1.807) is 12.1 Å². The van der Waals surface area contributed by atoms with E-state index in [2.05, 4.69) is 0 Å². The SMILES string of the molecule is Cc1ccc(C(=O)C(O)O)s1. The van der Waals surface area contributed by atoms with E-state index in [4.69, 9.17) is 10.2 Å². The molecule has 0 aliphatic carbocycles. The van der Waals surface area contributed by atoms with Gasteiger partial charge >= 0.3 is 0 Å². The van der Waals surface area contributed by atoms with Crippen LogP contribution in [0.2, 0.25) is 0 Å². The molecule has 0 bridgehead atoms. The molecule has 60 valence electrons. The molecule has 1 heterocycles. The second-order valence-electron chi connectivity index (χ2n) is 2.15. The van der Waals surface area contributed by atoms with Gasteiger partial charge in [0.1, 0.15) is 0 Å². The Kier molecular flexibility index (Phi) is 2.38. The van der Waals surface area contributed by atoms with E-state index in [9.17, 15) is 4.79 Å². The second-order valence-corrected chi connectivity index (χ2v) is 3.44. The Morgan fingerprint density at radius 2 is 2.18 bits per heavy atom. The summed E-state index contributed by atoms with van der Waals surface area (Å²) in [6.45, 7) is 1.85. The van der Waals surface area contributed by atoms with Crippen LogP contribution in [-0.4, -0.2) is 22.3 Å². The van der Waals surface area contributed by atoms with Crippen LogP contribution in [0, 0.1) is 6.92 Å². The molecule has 0 saturated heterocycles. The van der Waals surface area contributed by atoms with Gasteiger partial charge in [0.25, 0.3) is 0 Å². The van der Waals surface area contributed by atoms with Crippen LogP contribution in [0.3, 0.4) is 0 Å². The average Bonchev–Trinajstić information content (AvgIpc) is 2.34. The third kappa shape index (κ3) is 1.86. The van der Waals surface area contributed by atoms with Gasteiger partial charge in [0, 0.05) is 4.88 Å². The van der Waals surface area contributed by atoms with E-state index >= 15 is 0 Å². The van der Waals surface area contributed by atoms with Crippen molar-refractivity contribution >= 4 is 17.1 Å². The molecule has 4 heteroatoms. The number of ketones is 1. The van der Waals surface area contributed by atoms with Crippen LogP contribution < -0.4 is 0 Å². The minimum absolute atomic E-state index is 0.387. The topological polar surface area (TPSA) is 57.5 Å². The van der Waals surface area contributed by atoms with Crippen molar-refractivity contribution in [3.05, 3.63) is 21.9 Å². The number of hydrogen-bond donors (Lipinski definition) is 2. The van der Waals surface area contributed by atoms with Crippen molar-refractivity contribution in [1.82, 2.24) is 0 Å². The summed E-state index contributed by atoms with van der Waals surface area (Å²) in [4.78, 5) is 12.2. The van der Waals surface area contributed by atoms with Crippen LogP contribution >= 0.6 is 11.3 Å². The van der Waals surface area contributed by atoms with Crippen molar-refractivity contribution in [3.63, 3.8) is 0 Å². The number of aliphatic hydroxyl groups excluding tert-OH is 1. The largest absolute Gasteiger partial charge is 0.362 e. The third-order valence-corrected chi connectivity index (χ3v) is 2.23. The number of Topliss-reactive ketones (excluding diaryl/α,β-unsaturated/α-hetero) is 1. The van der Waals surface area contributed by atoms with Crippen LogP contribution in [0.1, 0.15) is 14.5 Å². The summed E-state index contributed by atoms with van der Waals surface area (Å²) in [7, 11) is 0. The predicted octanol–water partition coefficient (Wildman–Crippen LogP) is 0.550. The maximum absolute atomic E-state index is 10.9. The molecule has 0 aliphatic heterocycles. The highest BCUT2D eigenvalue weighted by Gasteiger charge is 2.14. The Balaban J connectivity index is 2.85. The fourth-order valence-electron chi connectivity index (χ4n) is 0.694. The van der Waals surface area contributed by atoms with Crippen LogP contribution in [0.5, 0.6) is 0 Å². The van der Waals surface area contributed by atoms with Gasteiger partial charge < -0.3 is 10.2 Å². The van der Waals surface area contributed by atoms with Crippen molar-refractivity contribution < 1.29 is 15.0 Å². The van der Waals surface area contributed by atoms with E-state index in [1.807, 2.05) is 6.92 Å². The Bertz CT molecular complexity index is 264. The van der Waals surface area contributed by atoms with Gasteiger partial charge in [-0.05, 0) is 19.1 Å². The van der Waals surface area contributed by atoms with Gasteiger partial charge in [-0.2, -0.15) is 0 Å². The highest BCUT2D eigenvalue weighted by Crippen LogP contribution is 2.16. The summed E-state index contributed by atoms with van der Waals surface area (Å²) < 4.78 is 0. The molecule has 1 rings (SSSR count). The molecule has 1 aromatic heterocycles. The van der Waals surface area contributed by atoms with Gasteiger partial charge in [0.2, 0.25) is 12.1 Å². The highest BCUT2D eigenvalue weighted by atomic mass is 32.1. The molecule has 0 amide bonds. The van der Waals surface area contributed by atoms with Crippen molar-refractivity contribution in [3.8, 4) is 0 Å². The maximum Gasteiger partial charge on any atom is 0.228 e. The monoisotopic (exact) mass is 172 g/mol. The summed E-state index contributed by atoms with van der Waals surface area (Å²) in [6, 6.07) is 3.35. The molecule has 11 heavy (non-hydrogen) atoms. The summed E-state index contributed by atoms with van der Waals surface area (Å²) in [5.41, 5.74) is 0. The fraction of sp³-hybridized carbons (Fsp3) is 0.286. The van der Waals surface area contributed by atoms with E-state index in [0.29, 0.717) is 4.88 Å². The van der Waals surface area contributed by atoms with Crippen LogP contribution in [0.15, 0.2) is 12.1 Å². The number of carbonyl (C=O) groups excluding carboxylic acids is 1. The molecule has 0 spiro atoms. The highest BCUT2D eigenvalue weighted by molar-refractivity contribution is 7.14. The summed E-state index contributed by atoms with van der Waals surface area (Å²) >= 11 is 1.25. The lowest BCUT2D eigenvalue weighted by Crippen LogP contribution is -2.17. The maximum atomic E-state index is 10.9. The first kappa shape index (κ1) is 8.39. The molecule has 3 nitrogen and oxygen atoms in total. The number of rotatable bonds is 2. The Hall–Kier alpha value is -0.710. The van der Waals surface area contributed by atoms with Crippen molar-refractivity contribution in [2.75, 3.05) is 0 Å². The quantitative estimate of drug-likeness (QED) is 0.506. The molecule has 1 aromatic rings. The molecule has 0 unspecified atom stereocenters. The van der Waals surface area contributed by atoms with Gasteiger partial charge in [0.05, 0.1) is 4.88 Å². The van der Waals surface area contributed by atoms with Crippen LogP contribution in [0.4, 0.5) is 0 Å². The number of aliphatic hydroxyl groups is 2. The molecular weight excluding hydrogens is 164 g/mol. The zero-order valence-electron chi connectivity index (χ0n) is 5.94. The molecule has 0 atom stereocenters. The molecule has 0 radical (unpaired) electrons. The zero-order valence-corrected chi connectivity index (χ0v) is 6.76. The van der Waals surface area contributed by atoms with Crippen LogP contribution in [-0.2, 0) is 0 Å². The predicted molar refractivity (Wildman–Crippen MR) is 41.6 cm³/mol. The standard InChI is InChI=1S/C7H8O3S/c1-4-2-3-5(11-4)6(8)7(9)10/h2-3,7,9-10H,1H3. The molecule has 2 N–H and O–H groups in total. The summed E-state index contributed by atoms with van der Waals surface area (Å²) in [5.74, 6) is -0.636. The van der Waals surface area contributed by atoms with Crippen LogP contribution in [0.25, 0.3) is 0 Å². The van der Waals surface area contributed by atoms with Crippen molar-refractivity contribution in [1.29, 1.82) is 0 Å². The average molecular weight is 172 g/mol. The van der Waals surface area contributed by atoms with E-state index < -0.39 is 12.1 Å². The van der Waals surface area contributed by atoms with Gasteiger partial charge in [-0.1, -0.05) is 0 Å². The Morgan fingerprint density at radius 1 is 1.55 bits per heavy atom. The molecule has 0 aliphatic rings. The Labute approximate surface area is 67.9 Å². The molecular formula is C7H8O3S. The van der Waals surface area contributed by atoms with Gasteiger partial charge in [-0.25, -0.2) is 0 Å². The van der Waals surface area contributed by atoms with E-state index in [1.165, 1.54) is 11.3 Å². The van der Waals surface area contributed by atoms with Crippen molar-refractivity contribution in [2.24, 2.45) is 0 Å². The number of carbonyl (C=O) groups is 1. The molecule has 0 aromatic carbocycles. The fourth-order valence-corrected chi connectivity index (χ4v) is 1.52. The summed E-state index contributed by atoms with van der Waals surface area (Å²) in [5, 5.41) is 17.0. The lowest BCUT2D eigenvalue weighted by atomic mass is 10.3. The first-order chi connectivity index (χ1) is 5.11.